The van der Waals surface area contributed by atoms with Crippen LogP contribution in [-0.2, 0) is 13.1 Å². The van der Waals surface area contributed by atoms with E-state index in [1.807, 2.05) is 28.8 Å². The summed E-state index contributed by atoms with van der Waals surface area (Å²) in [7, 11) is 0. The number of fused-ring (bicyclic) bond motifs is 4. The summed E-state index contributed by atoms with van der Waals surface area (Å²) in [6.45, 7) is 1.08. The molecule has 0 N–H and O–H groups in total. The number of rotatable bonds is 2. The van der Waals surface area contributed by atoms with Gasteiger partial charge in [-0.1, -0.05) is 41.6 Å². The van der Waals surface area contributed by atoms with Crippen LogP contribution in [0.1, 0.15) is 12.0 Å². The number of halogens is 2. The van der Waals surface area contributed by atoms with Gasteiger partial charge in [0.2, 0.25) is 0 Å². The van der Waals surface area contributed by atoms with Crippen LogP contribution >= 0.6 is 23.4 Å². The topological polar surface area (TPSA) is 39.8 Å². The molecule has 0 atom stereocenters. The largest absolute Gasteiger partial charge is 0.330 e. The summed E-state index contributed by atoms with van der Waals surface area (Å²) in [5, 5.41) is 2.00. The molecule has 3 heterocycles. The third-order valence-electron chi connectivity index (χ3n) is 4.93. The van der Waals surface area contributed by atoms with Crippen LogP contribution in [0.25, 0.3) is 21.9 Å². The van der Waals surface area contributed by atoms with E-state index in [0.717, 1.165) is 23.3 Å². The Hall–Kier alpha value is -2.31. The van der Waals surface area contributed by atoms with Crippen molar-refractivity contribution in [1.82, 2.24) is 14.1 Å². The van der Waals surface area contributed by atoms with Gasteiger partial charge < -0.3 is 4.57 Å². The maximum absolute atomic E-state index is 14.0. The SMILES string of the molecule is O=c1c2c(nc3n1CCCS3)c1cc(F)ccc1n2Cc1ccccc1Cl. The van der Waals surface area contributed by atoms with Crippen molar-refractivity contribution in [2.45, 2.75) is 24.7 Å². The van der Waals surface area contributed by atoms with E-state index >= 15 is 0 Å². The van der Waals surface area contributed by atoms with Crippen molar-refractivity contribution in [3.05, 3.63) is 69.2 Å². The lowest BCUT2D eigenvalue weighted by Gasteiger charge is -2.17. The van der Waals surface area contributed by atoms with E-state index in [1.54, 1.807) is 22.4 Å². The van der Waals surface area contributed by atoms with Gasteiger partial charge in [-0.3, -0.25) is 9.36 Å². The fourth-order valence-electron chi connectivity index (χ4n) is 3.66. The van der Waals surface area contributed by atoms with Gasteiger partial charge in [-0.2, -0.15) is 0 Å². The Morgan fingerprint density at radius 1 is 1.22 bits per heavy atom. The third-order valence-corrected chi connectivity index (χ3v) is 6.36. The van der Waals surface area contributed by atoms with Crippen molar-refractivity contribution in [2.75, 3.05) is 5.75 Å². The van der Waals surface area contributed by atoms with E-state index in [1.165, 1.54) is 12.1 Å². The molecule has 2 aromatic carbocycles. The van der Waals surface area contributed by atoms with Gasteiger partial charge in [-0.05, 0) is 36.2 Å². The quantitative estimate of drug-likeness (QED) is 0.459. The Labute approximate surface area is 163 Å². The zero-order valence-electron chi connectivity index (χ0n) is 14.3. The summed E-state index contributed by atoms with van der Waals surface area (Å²) >= 11 is 7.92. The van der Waals surface area contributed by atoms with Crippen LogP contribution in [0.4, 0.5) is 4.39 Å². The van der Waals surface area contributed by atoms with Crippen molar-refractivity contribution in [3.63, 3.8) is 0 Å². The lowest BCUT2D eigenvalue weighted by atomic mass is 10.2. The molecule has 4 nitrogen and oxygen atoms in total. The van der Waals surface area contributed by atoms with E-state index < -0.39 is 0 Å². The van der Waals surface area contributed by atoms with Crippen molar-refractivity contribution in [2.24, 2.45) is 0 Å². The first-order chi connectivity index (χ1) is 13.1. The summed E-state index contributed by atoms with van der Waals surface area (Å²) in [5.74, 6) is 0.594. The number of nitrogens with zero attached hydrogens (tertiary/aromatic N) is 3. The molecule has 0 radical (unpaired) electrons. The van der Waals surface area contributed by atoms with Crippen molar-refractivity contribution < 1.29 is 4.39 Å². The summed E-state index contributed by atoms with van der Waals surface area (Å²) in [6.07, 6.45) is 0.935. The van der Waals surface area contributed by atoms with E-state index in [0.29, 0.717) is 39.7 Å². The molecule has 0 unspecified atom stereocenters. The predicted octanol–water partition coefficient (Wildman–Crippen LogP) is 4.69. The highest BCUT2D eigenvalue weighted by Crippen LogP contribution is 2.31. The molecule has 0 aliphatic carbocycles. The number of hydrogen-bond donors (Lipinski definition) is 0. The van der Waals surface area contributed by atoms with Crippen LogP contribution < -0.4 is 5.56 Å². The van der Waals surface area contributed by atoms with Crippen LogP contribution in [0.2, 0.25) is 5.02 Å². The molecule has 0 spiro atoms. The van der Waals surface area contributed by atoms with Crippen molar-refractivity contribution in [3.8, 4) is 0 Å². The first-order valence-corrected chi connectivity index (χ1v) is 10.1. The van der Waals surface area contributed by atoms with E-state index in [-0.39, 0.29) is 11.4 Å². The lowest BCUT2D eigenvalue weighted by Crippen LogP contribution is -2.27. The van der Waals surface area contributed by atoms with Gasteiger partial charge in [0.25, 0.3) is 5.56 Å². The summed E-state index contributed by atoms with van der Waals surface area (Å²) in [6, 6.07) is 12.1. The molecular formula is C20H15ClFN3OS. The van der Waals surface area contributed by atoms with Gasteiger partial charge in [-0.25, -0.2) is 9.37 Å². The maximum Gasteiger partial charge on any atom is 0.278 e. The molecule has 1 aliphatic heterocycles. The minimum absolute atomic E-state index is 0.0779. The second kappa shape index (κ2) is 6.39. The molecule has 136 valence electrons. The Bertz CT molecular complexity index is 1260. The molecule has 0 saturated heterocycles. The molecule has 0 amide bonds. The smallest absolute Gasteiger partial charge is 0.278 e. The van der Waals surface area contributed by atoms with Crippen LogP contribution in [0, 0.1) is 5.82 Å². The summed E-state index contributed by atoms with van der Waals surface area (Å²) in [4.78, 5) is 18.0. The van der Waals surface area contributed by atoms with Crippen LogP contribution in [-0.4, -0.2) is 19.9 Å². The number of thioether (sulfide) groups is 1. The molecular weight excluding hydrogens is 385 g/mol. The lowest BCUT2D eigenvalue weighted by molar-refractivity contribution is 0.569. The van der Waals surface area contributed by atoms with Gasteiger partial charge in [-0.15, -0.1) is 0 Å². The minimum Gasteiger partial charge on any atom is -0.330 e. The minimum atomic E-state index is -0.341. The molecule has 27 heavy (non-hydrogen) atoms. The average molecular weight is 400 g/mol. The first kappa shape index (κ1) is 16.8. The first-order valence-electron chi connectivity index (χ1n) is 8.72. The molecule has 5 rings (SSSR count). The monoisotopic (exact) mass is 399 g/mol. The fraction of sp³-hybridized carbons (Fsp3) is 0.200. The Balaban J connectivity index is 1.87. The van der Waals surface area contributed by atoms with Gasteiger partial charge in [0.15, 0.2) is 5.16 Å². The molecule has 0 fully saturated rings. The predicted molar refractivity (Wildman–Crippen MR) is 107 cm³/mol. The maximum atomic E-state index is 14.0. The summed E-state index contributed by atoms with van der Waals surface area (Å²) in [5.41, 5.74) is 2.66. The third kappa shape index (κ3) is 2.66. The summed E-state index contributed by atoms with van der Waals surface area (Å²) < 4.78 is 17.6. The standard InChI is InChI=1S/C20H15ClFN3OS/c21-15-5-2-1-4-12(15)11-25-16-7-6-13(22)10-14(16)17-18(25)19(26)24-8-3-9-27-20(24)23-17/h1-2,4-7,10H,3,8-9,11H2. The Morgan fingerprint density at radius 2 is 2.07 bits per heavy atom. The van der Waals surface area contributed by atoms with E-state index in [9.17, 15) is 9.18 Å². The second-order valence-electron chi connectivity index (χ2n) is 6.59. The molecule has 2 aromatic heterocycles. The second-order valence-corrected chi connectivity index (χ2v) is 8.06. The molecule has 0 bridgehead atoms. The van der Waals surface area contributed by atoms with Gasteiger partial charge in [0, 0.05) is 29.3 Å². The van der Waals surface area contributed by atoms with Crippen molar-refractivity contribution >= 4 is 45.3 Å². The number of hydrogen-bond acceptors (Lipinski definition) is 3. The highest BCUT2D eigenvalue weighted by molar-refractivity contribution is 7.99. The van der Waals surface area contributed by atoms with Crippen LogP contribution in [0.15, 0.2) is 52.4 Å². The van der Waals surface area contributed by atoms with Crippen LogP contribution in [0.3, 0.4) is 0 Å². The number of aromatic nitrogens is 3. The molecule has 7 heteroatoms. The van der Waals surface area contributed by atoms with Gasteiger partial charge >= 0.3 is 0 Å². The Morgan fingerprint density at radius 3 is 2.93 bits per heavy atom. The fourth-order valence-corrected chi connectivity index (χ4v) is 4.80. The molecule has 0 saturated carbocycles. The van der Waals surface area contributed by atoms with Crippen LogP contribution in [0.5, 0.6) is 0 Å². The number of benzene rings is 2. The molecule has 1 aliphatic rings. The molecule has 4 aromatic rings. The van der Waals surface area contributed by atoms with Gasteiger partial charge in [0.1, 0.15) is 16.9 Å². The Kier molecular flexibility index (Phi) is 3.98. The highest BCUT2D eigenvalue weighted by atomic mass is 35.5. The normalized spacial score (nSPS) is 14.0. The zero-order chi connectivity index (χ0) is 18.5. The van der Waals surface area contributed by atoms with Crippen molar-refractivity contribution in [1.29, 1.82) is 0 Å². The van der Waals surface area contributed by atoms with E-state index in [4.69, 9.17) is 16.6 Å². The van der Waals surface area contributed by atoms with Gasteiger partial charge in [0.05, 0.1) is 5.52 Å². The van der Waals surface area contributed by atoms with E-state index in [2.05, 4.69) is 0 Å². The highest BCUT2D eigenvalue weighted by Gasteiger charge is 2.22. The average Bonchev–Trinajstić information content (AvgIpc) is 2.97. The zero-order valence-corrected chi connectivity index (χ0v) is 15.9.